The Morgan fingerprint density at radius 1 is 0.905 bits per heavy atom. The molecule has 0 bridgehead atoms. The quantitative estimate of drug-likeness (QED) is 0.214. The van der Waals surface area contributed by atoms with Crippen LogP contribution in [0, 0.1) is 56.7 Å². The molecule has 0 aromatic rings. The summed E-state index contributed by atoms with van der Waals surface area (Å²) >= 11 is 0. The van der Waals surface area contributed by atoms with Gasteiger partial charge in [0.1, 0.15) is 19.2 Å². The Labute approximate surface area is 256 Å². The number of rotatable bonds is 5. The van der Waals surface area contributed by atoms with Gasteiger partial charge in [0.2, 0.25) is 0 Å². The Morgan fingerprint density at radius 3 is 2.29 bits per heavy atom. The summed E-state index contributed by atoms with van der Waals surface area (Å²) in [4.78, 5) is 13.3. The molecular formula is C37H62NO4+. The minimum absolute atomic E-state index is 0.00154. The van der Waals surface area contributed by atoms with Gasteiger partial charge in [-0.05, 0) is 122 Å². The summed E-state index contributed by atoms with van der Waals surface area (Å²) in [6.07, 6.45) is 12.1. The van der Waals surface area contributed by atoms with Gasteiger partial charge in [-0.2, -0.15) is 0 Å². The summed E-state index contributed by atoms with van der Waals surface area (Å²) in [5.74, 6) is 3.08. The lowest BCUT2D eigenvalue weighted by Gasteiger charge is -2.73. The normalized spacial score (nSPS) is 49.1. The topological polar surface area (TPSA) is 55.8 Å². The van der Waals surface area contributed by atoms with Crippen molar-refractivity contribution in [2.45, 2.75) is 112 Å². The highest BCUT2D eigenvalue weighted by Gasteiger charge is 2.71. The number of esters is 1. The lowest BCUT2D eigenvalue weighted by atomic mass is 9.32. The number of nitrogens with zero attached hydrogens (tertiary/aromatic N) is 1. The molecule has 5 nitrogen and oxygen atoms in total. The average Bonchev–Trinajstić information content (AvgIpc) is 3.31. The molecule has 10 atom stereocenters. The number of hydrogen-bond acceptors (Lipinski definition) is 4. The second-order valence-corrected chi connectivity index (χ2v) is 17.9. The van der Waals surface area contributed by atoms with Gasteiger partial charge in [0.05, 0.1) is 20.3 Å². The van der Waals surface area contributed by atoms with Crippen LogP contribution in [0.3, 0.4) is 0 Å². The fraction of sp³-hybridized carbons (Fsp3) is 0.919. The monoisotopic (exact) mass is 584 g/mol. The first-order chi connectivity index (χ1) is 19.7. The summed E-state index contributed by atoms with van der Waals surface area (Å²) in [7, 11) is 2.17. The van der Waals surface area contributed by atoms with Gasteiger partial charge in [-0.3, -0.25) is 0 Å². The molecule has 5 heteroatoms. The highest BCUT2D eigenvalue weighted by Crippen LogP contribution is 2.77. The van der Waals surface area contributed by atoms with Crippen molar-refractivity contribution in [3.63, 3.8) is 0 Å². The zero-order chi connectivity index (χ0) is 30.3. The van der Waals surface area contributed by atoms with Crippen molar-refractivity contribution < 1.29 is 23.9 Å². The molecule has 1 heterocycles. The summed E-state index contributed by atoms with van der Waals surface area (Å²) in [5, 5.41) is 10.8. The van der Waals surface area contributed by atoms with Crippen LogP contribution in [0.4, 0.5) is 0 Å². The molecule has 1 saturated heterocycles. The Bertz CT molecular complexity index is 1080. The molecule has 6 aliphatic rings. The first-order valence-electron chi connectivity index (χ1n) is 17.5. The van der Waals surface area contributed by atoms with Gasteiger partial charge in [0.15, 0.2) is 6.54 Å². The molecule has 6 fully saturated rings. The number of morpholine rings is 1. The second-order valence-electron chi connectivity index (χ2n) is 17.9. The van der Waals surface area contributed by atoms with Gasteiger partial charge in [0, 0.05) is 12.0 Å². The molecular weight excluding hydrogens is 522 g/mol. The van der Waals surface area contributed by atoms with Gasteiger partial charge in [0.25, 0.3) is 0 Å². The molecule has 1 N–H and O–H groups in total. The van der Waals surface area contributed by atoms with Crippen LogP contribution in [0.2, 0.25) is 0 Å². The van der Waals surface area contributed by atoms with E-state index in [9.17, 15) is 9.90 Å². The fourth-order valence-corrected chi connectivity index (χ4v) is 13.2. The van der Waals surface area contributed by atoms with Gasteiger partial charge in [-0.25, -0.2) is 4.79 Å². The standard InChI is InChI=1S/C37H62NO4/c1-25(2)26-11-16-37(24-39)18-17-35(6)27(32(26)37)9-10-29-34(5)14-13-30(33(3,4)28(34)12-15-36(29,35)7)42-31(40)23-38(8)19-21-41-22-20-38/h26-30,32,39H,1,9-24H2,2-8H3/q+1/t26?,27?,28?,29?,30-,32?,34-,35+,36+,37+/m0/s1. The third kappa shape index (κ3) is 4.36. The zero-order valence-electron chi connectivity index (χ0n) is 28.1. The molecule has 238 valence electrons. The highest BCUT2D eigenvalue weighted by molar-refractivity contribution is 5.71. The van der Waals surface area contributed by atoms with Crippen molar-refractivity contribution >= 4 is 5.97 Å². The minimum Gasteiger partial charge on any atom is -0.458 e. The molecule has 5 saturated carbocycles. The van der Waals surface area contributed by atoms with Crippen molar-refractivity contribution in [2.75, 3.05) is 46.5 Å². The Hall–Kier alpha value is -0.910. The van der Waals surface area contributed by atoms with E-state index >= 15 is 0 Å². The molecule has 0 radical (unpaired) electrons. The second kappa shape index (κ2) is 10.3. The van der Waals surface area contributed by atoms with Crippen molar-refractivity contribution in [2.24, 2.45) is 56.7 Å². The van der Waals surface area contributed by atoms with Crippen LogP contribution >= 0.6 is 0 Å². The van der Waals surface area contributed by atoms with Crippen LogP contribution in [0.1, 0.15) is 106 Å². The zero-order valence-corrected chi connectivity index (χ0v) is 28.1. The van der Waals surface area contributed by atoms with E-state index in [0.717, 1.165) is 37.2 Å². The molecule has 6 rings (SSSR count). The van der Waals surface area contributed by atoms with Gasteiger partial charge >= 0.3 is 5.97 Å². The number of fused-ring (bicyclic) bond motifs is 7. The smallest absolute Gasteiger partial charge is 0.362 e. The minimum atomic E-state index is -0.0273. The number of aliphatic hydroxyl groups is 1. The number of allylic oxidation sites excluding steroid dienone is 1. The van der Waals surface area contributed by atoms with Crippen molar-refractivity contribution in [3.8, 4) is 0 Å². The fourth-order valence-electron chi connectivity index (χ4n) is 13.2. The van der Waals surface area contributed by atoms with Crippen LogP contribution in [0.15, 0.2) is 12.2 Å². The number of quaternary nitrogens is 1. The molecule has 0 spiro atoms. The maximum atomic E-state index is 13.3. The van der Waals surface area contributed by atoms with Crippen LogP contribution in [0.25, 0.3) is 0 Å². The van der Waals surface area contributed by atoms with E-state index in [0.29, 0.717) is 53.6 Å². The first kappa shape index (κ1) is 31.1. The molecule has 1 aliphatic heterocycles. The molecule has 0 amide bonds. The van der Waals surface area contributed by atoms with E-state index in [4.69, 9.17) is 9.47 Å². The largest absolute Gasteiger partial charge is 0.458 e. The number of hydrogen-bond donors (Lipinski definition) is 1. The Morgan fingerprint density at radius 2 is 1.62 bits per heavy atom. The van der Waals surface area contributed by atoms with E-state index in [1.807, 2.05) is 0 Å². The van der Waals surface area contributed by atoms with Crippen molar-refractivity contribution in [3.05, 3.63) is 12.2 Å². The van der Waals surface area contributed by atoms with E-state index in [2.05, 4.69) is 55.2 Å². The predicted molar refractivity (Wildman–Crippen MR) is 168 cm³/mol. The SMILES string of the molecule is C=C(C)C1CC[C@]2(CO)CC[C@]3(C)C(CCC4[C@@]5(C)CC[C@H](OC(=O)C[N+]6(C)CCOCC6)C(C)(C)C5CC[C@]43C)C12. The van der Waals surface area contributed by atoms with Gasteiger partial charge < -0.3 is 19.1 Å². The maximum absolute atomic E-state index is 13.3. The van der Waals surface area contributed by atoms with E-state index < -0.39 is 0 Å². The van der Waals surface area contributed by atoms with Crippen LogP contribution < -0.4 is 0 Å². The summed E-state index contributed by atoms with van der Waals surface area (Å²) in [5.41, 5.74) is 2.31. The number of carbonyl (C=O) groups is 1. The van der Waals surface area contributed by atoms with E-state index in [1.165, 1.54) is 63.4 Å². The number of ether oxygens (including phenoxy) is 2. The van der Waals surface area contributed by atoms with E-state index in [1.54, 1.807) is 0 Å². The van der Waals surface area contributed by atoms with Crippen LogP contribution in [-0.2, 0) is 14.3 Å². The number of carbonyl (C=O) groups excluding carboxylic acids is 1. The number of aliphatic hydroxyl groups excluding tert-OH is 1. The Kier molecular flexibility index (Phi) is 7.63. The summed E-state index contributed by atoms with van der Waals surface area (Å²) in [6.45, 7) is 23.6. The lowest BCUT2D eigenvalue weighted by molar-refractivity contribution is -0.910. The van der Waals surface area contributed by atoms with Crippen molar-refractivity contribution in [1.82, 2.24) is 0 Å². The molecule has 0 aromatic carbocycles. The lowest BCUT2D eigenvalue weighted by Crippen LogP contribution is -2.67. The molecule has 5 unspecified atom stereocenters. The van der Waals surface area contributed by atoms with Crippen LogP contribution in [-0.4, -0.2) is 68.2 Å². The van der Waals surface area contributed by atoms with Crippen molar-refractivity contribution in [1.29, 1.82) is 0 Å². The third-order valence-electron chi connectivity index (χ3n) is 15.8. The highest BCUT2D eigenvalue weighted by atomic mass is 16.5. The number of likely N-dealkylation sites (N-methyl/N-ethyl adjacent to an activating group) is 1. The summed E-state index contributed by atoms with van der Waals surface area (Å²) in [6, 6.07) is 0. The van der Waals surface area contributed by atoms with Gasteiger partial charge in [-0.15, -0.1) is 0 Å². The van der Waals surface area contributed by atoms with Crippen LogP contribution in [0.5, 0.6) is 0 Å². The average molecular weight is 585 g/mol. The summed E-state index contributed by atoms with van der Waals surface area (Å²) < 4.78 is 12.7. The van der Waals surface area contributed by atoms with Gasteiger partial charge in [-0.1, -0.05) is 46.8 Å². The molecule has 0 aromatic heterocycles. The first-order valence-corrected chi connectivity index (χ1v) is 17.5. The third-order valence-corrected chi connectivity index (χ3v) is 15.8. The van der Waals surface area contributed by atoms with E-state index in [-0.39, 0.29) is 28.3 Å². The predicted octanol–water partition coefficient (Wildman–Crippen LogP) is 7.02. The molecule has 5 aliphatic carbocycles. The Balaban J connectivity index is 1.23. The molecule has 42 heavy (non-hydrogen) atoms. The maximum Gasteiger partial charge on any atom is 0.362 e.